The van der Waals surface area contributed by atoms with Crippen molar-refractivity contribution < 1.29 is 32.7 Å². The SMILES string of the molecule is C[C@H](OC(=O)CCN1C(=O)[C@H]2CC=CC[C@@H]2C1=O)C(=O)Nc1nc(-c2ccc(F)c(F)c2)cs1. The highest BCUT2D eigenvalue weighted by Gasteiger charge is 2.47. The van der Waals surface area contributed by atoms with E-state index in [1.54, 1.807) is 5.38 Å². The van der Waals surface area contributed by atoms with Crippen LogP contribution in [-0.2, 0) is 23.9 Å². The molecule has 1 saturated heterocycles. The molecule has 1 N–H and O–H groups in total. The van der Waals surface area contributed by atoms with Crippen molar-refractivity contribution in [3.63, 3.8) is 0 Å². The third-order valence-corrected chi connectivity index (χ3v) is 6.52. The van der Waals surface area contributed by atoms with Crippen molar-refractivity contribution in [2.75, 3.05) is 11.9 Å². The minimum atomic E-state index is -1.15. The van der Waals surface area contributed by atoms with Gasteiger partial charge >= 0.3 is 5.97 Å². The molecule has 1 aliphatic heterocycles. The van der Waals surface area contributed by atoms with E-state index in [1.807, 2.05) is 12.2 Å². The number of imide groups is 1. The number of thiazole rings is 1. The minimum Gasteiger partial charge on any atom is -0.452 e. The van der Waals surface area contributed by atoms with Crippen LogP contribution in [0.4, 0.5) is 13.9 Å². The Morgan fingerprint density at radius 1 is 1.18 bits per heavy atom. The Labute approximate surface area is 197 Å². The van der Waals surface area contributed by atoms with Crippen LogP contribution in [0.1, 0.15) is 26.2 Å². The fourth-order valence-corrected chi connectivity index (χ4v) is 4.65. The van der Waals surface area contributed by atoms with Crippen molar-refractivity contribution in [1.29, 1.82) is 0 Å². The molecule has 8 nitrogen and oxygen atoms in total. The second kappa shape index (κ2) is 9.80. The lowest BCUT2D eigenvalue weighted by atomic mass is 9.85. The maximum absolute atomic E-state index is 13.4. The number of aromatic nitrogens is 1. The van der Waals surface area contributed by atoms with Crippen LogP contribution in [-0.4, -0.2) is 46.2 Å². The van der Waals surface area contributed by atoms with Crippen LogP contribution in [0.3, 0.4) is 0 Å². The smallest absolute Gasteiger partial charge is 0.308 e. The van der Waals surface area contributed by atoms with Gasteiger partial charge in [-0.1, -0.05) is 12.2 Å². The van der Waals surface area contributed by atoms with Crippen molar-refractivity contribution in [2.24, 2.45) is 11.8 Å². The lowest BCUT2D eigenvalue weighted by Gasteiger charge is -2.16. The molecule has 3 atom stereocenters. The van der Waals surface area contributed by atoms with Crippen molar-refractivity contribution in [1.82, 2.24) is 9.88 Å². The van der Waals surface area contributed by atoms with Gasteiger partial charge in [0.15, 0.2) is 22.9 Å². The van der Waals surface area contributed by atoms with E-state index in [2.05, 4.69) is 10.3 Å². The molecule has 1 aromatic carbocycles. The molecule has 178 valence electrons. The normalized spacial score (nSPS) is 20.3. The largest absolute Gasteiger partial charge is 0.452 e. The molecule has 0 radical (unpaired) electrons. The topological polar surface area (TPSA) is 106 Å². The fourth-order valence-electron chi connectivity index (χ4n) is 3.93. The van der Waals surface area contributed by atoms with Crippen molar-refractivity contribution >= 4 is 40.2 Å². The van der Waals surface area contributed by atoms with Crippen molar-refractivity contribution in [3.8, 4) is 11.3 Å². The number of hydrogen-bond donors (Lipinski definition) is 1. The summed E-state index contributed by atoms with van der Waals surface area (Å²) >= 11 is 1.07. The van der Waals surface area contributed by atoms with Gasteiger partial charge in [0.2, 0.25) is 11.8 Å². The first-order chi connectivity index (χ1) is 16.2. The number of esters is 1. The van der Waals surface area contributed by atoms with Gasteiger partial charge in [-0.25, -0.2) is 13.8 Å². The molecular weight excluding hydrogens is 468 g/mol. The summed E-state index contributed by atoms with van der Waals surface area (Å²) in [5.41, 5.74) is 0.691. The summed E-state index contributed by atoms with van der Waals surface area (Å²) in [6, 6.07) is 3.35. The van der Waals surface area contributed by atoms with Gasteiger partial charge in [0.05, 0.1) is 24.0 Å². The van der Waals surface area contributed by atoms with Gasteiger partial charge in [0.25, 0.3) is 5.91 Å². The molecule has 3 amide bonds. The van der Waals surface area contributed by atoms with Gasteiger partial charge in [-0.3, -0.25) is 29.4 Å². The van der Waals surface area contributed by atoms with Gasteiger partial charge in [-0.05, 0) is 38.0 Å². The average molecular weight is 490 g/mol. The maximum atomic E-state index is 13.4. The number of nitrogens with zero attached hydrogens (tertiary/aromatic N) is 2. The summed E-state index contributed by atoms with van der Waals surface area (Å²) in [5.74, 6) is -4.64. The van der Waals surface area contributed by atoms with E-state index >= 15 is 0 Å². The monoisotopic (exact) mass is 489 g/mol. The van der Waals surface area contributed by atoms with E-state index in [0.29, 0.717) is 24.1 Å². The molecule has 1 aromatic heterocycles. The van der Waals surface area contributed by atoms with Crippen LogP contribution >= 0.6 is 11.3 Å². The van der Waals surface area contributed by atoms with Gasteiger partial charge in [-0.15, -0.1) is 11.3 Å². The van der Waals surface area contributed by atoms with E-state index in [4.69, 9.17) is 4.74 Å². The van der Waals surface area contributed by atoms with Crippen LogP contribution < -0.4 is 5.32 Å². The molecule has 0 unspecified atom stereocenters. The third kappa shape index (κ3) is 4.89. The Balaban J connectivity index is 1.27. The number of halogens is 2. The van der Waals surface area contributed by atoms with Gasteiger partial charge in [0, 0.05) is 17.5 Å². The molecule has 11 heteroatoms. The number of ether oxygens (including phenoxy) is 1. The summed E-state index contributed by atoms with van der Waals surface area (Å²) in [6.45, 7) is 1.28. The summed E-state index contributed by atoms with van der Waals surface area (Å²) in [6.07, 6.45) is 3.42. The molecule has 1 fully saturated rings. The Kier molecular flexibility index (Phi) is 6.82. The molecule has 0 bridgehead atoms. The predicted molar refractivity (Wildman–Crippen MR) is 118 cm³/mol. The zero-order valence-corrected chi connectivity index (χ0v) is 18.9. The van der Waals surface area contributed by atoms with Crippen molar-refractivity contribution in [2.45, 2.75) is 32.3 Å². The zero-order chi connectivity index (χ0) is 24.4. The van der Waals surface area contributed by atoms with E-state index in [-0.39, 0.29) is 41.7 Å². The molecule has 34 heavy (non-hydrogen) atoms. The zero-order valence-electron chi connectivity index (χ0n) is 18.1. The number of anilines is 1. The highest BCUT2D eigenvalue weighted by molar-refractivity contribution is 7.14. The van der Waals surface area contributed by atoms with Crippen LogP contribution in [0.5, 0.6) is 0 Å². The van der Waals surface area contributed by atoms with Crippen molar-refractivity contribution in [3.05, 3.63) is 47.4 Å². The molecular formula is C23H21F2N3O5S. The minimum absolute atomic E-state index is 0.0953. The number of carbonyl (C=O) groups is 4. The fraction of sp³-hybridized carbons (Fsp3) is 0.348. The Bertz CT molecular complexity index is 1160. The predicted octanol–water partition coefficient (Wildman–Crippen LogP) is 3.30. The summed E-state index contributed by atoms with van der Waals surface area (Å²) in [4.78, 5) is 54.7. The molecule has 0 spiro atoms. The quantitative estimate of drug-likeness (QED) is 0.364. The van der Waals surface area contributed by atoms with Gasteiger partial charge in [0.1, 0.15) is 0 Å². The lowest BCUT2D eigenvalue weighted by molar-refractivity contribution is -0.154. The number of nitrogens with one attached hydrogen (secondary N) is 1. The summed E-state index contributed by atoms with van der Waals surface area (Å²) in [5, 5.41) is 4.26. The van der Waals surface area contributed by atoms with E-state index in [1.165, 1.54) is 13.0 Å². The number of likely N-dealkylation sites (tertiary alicyclic amines) is 1. The van der Waals surface area contributed by atoms with E-state index in [0.717, 1.165) is 28.4 Å². The van der Waals surface area contributed by atoms with Crippen LogP contribution in [0.15, 0.2) is 35.7 Å². The number of amides is 3. The highest BCUT2D eigenvalue weighted by Crippen LogP contribution is 2.35. The van der Waals surface area contributed by atoms with Crippen LogP contribution in [0.2, 0.25) is 0 Å². The Morgan fingerprint density at radius 2 is 1.85 bits per heavy atom. The van der Waals surface area contributed by atoms with E-state index < -0.39 is 29.6 Å². The standard InChI is InChI=1S/C23H21F2N3O5S/c1-12(20(30)27-23-26-18(11-34-23)13-6-7-16(24)17(25)10-13)33-19(29)8-9-28-21(31)14-4-2-3-5-15(14)22(28)32/h2-3,6-7,10-12,14-15H,4-5,8-9H2,1H3,(H,26,27,30)/t12-,14-,15-/m0/s1. The second-order valence-corrected chi connectivity index (χ2v) is 8.88. The molecule has 2 heterocycles. The van der Waals surface area contributed by atoms with Gasteiger partial charge < -0.3 is 4.74 Å². The van der Waals surface area contributed by atoms with E-state index in [9.17, 15) is 28.0 Å². The Morgan fingerprint density at radius 3 is 2.50 bits per heavy atom. The first-order valence-corrected chi connectivity index (χ1v) is 11.5. The molecule has 0 saturated carbocycles. The average Bonchev–Trinajstić information content (AvgIpc) is 3.37. The highest BCUT2D eigenvalue weighted by atomic mass is 32.1. The summed E-state index contributed by atoms with van der Waals surface area (Å²) in [7, 11) is 0. The number of rotatable bonds is 7. The molecule has 1 aliphatic carbocycles. The summed E-state index contributed by atoms with van der Waals surface area (Å²) < 4.78 is 31.7. The molecule has 2 aromatic rings. The first-order valence-electron chi connectivity index (χ1n) is 10.7. The number of benzene rings is 1. The third-order valence-electron chi connectivity index (χ3n) is 5.77. The number of fused-ring (bicyclic) bond motifs is 1. The Hall–Kier alpha value is -3.47. The number of allylic oxidation sites excluding steroid dienone is 2. The number of hydrogen-bond acceptors (Lipinski definition) is 7. The van der Waals surface area contributed by atoms with Crippen LogP contribution in [0, 0.1) is 23.5 Å². The maximum Gasteiger partial charge on any atom is 0.308 e. The first kappa shape index (κ1) is 23.7. The number of carbonyl (C=O) groups excluding carboxylic acids is 4. The van der Waals surface area contributed by atoms with Gasteiger partial charge in [-0.2, -0.15) is 0 Å². The van der Waals surface area contributed by atoms with Crippen LogP contribution in [0.25, 0.3) is 11.3 Å². The molecule has 4 rings (SSSR count). The molecule has 2 aliphatic rings. The second-order valence-electron chi connectivity index (χ2n) is 8.02. The lowest BCUT2D eigenvalue weighted by Crippen LogP contribution is -2.35.